The first-order valence-corrected chi connectivity index (χ1v) is 11.7. The Morgan fingerprint density at radius 2 is 1.59 bits per heavy atom. The Labute approximate surface area is 188 Å². The Balaban J connectivity index is 1.64. The number of carbonyl (C=O) groups excluding carboxylic acids is 1. The van der Waals surface area contributed by atoms with Crippen LogP contribution < -0.4 is 19.5 Å². The largest absolute Gasteiger partial charge is 0.497 e. The molecule has 7 nitrogen and oxygen atoms in total. The van der Waals surface area contributed by atoms with Crippen molar-refractivity contribution in [2.75, 3.05) is 23.8 Å². The van der Waals surface area contributed by atoms with Crippen molar-refractivity contribution in [3.63, 3.8) is 0 Å². The molecule has 168 valence electrons. The topological polar surface area (TPSA) is 93.7 Å². The maximum absolute atomic E-state index is 12.6. The van der Waals surface area contributed by atoms with Crippen molar-refractivity contribution in [3.05, 3.63) is 78.4 Å². The van der Waals surface area contributed by atoms with Crippen LogP contribution >= 0.6 is 0 Å². The number of benzene rings is 3. The van der Waals surface area contributed by atoms with E-state index in [2.05, 4.69) is 17.0 Å². The molecular formula is C24H26N2O5S. The van der Waals surface area contributed by atoms with Gasteiger partial charge in [-0.3, -0.25) is 9.52 Å². The highest BCUT2D eigenvalue weighted by atomic mass is 32.2. The summed E-state index contributed by atoms with van der Waals surface area (Å²) < 4.78 is 38.5. The van der Waals surface area contributed by atoms with Crippen molar-refractivity contribution >= 4 is 27.3 Å². The number of carbonyl (C=O) groups is 1. The van der Waals surface area contributed by atoms with Gasteiger partial charge in [0.1, 0.15) is 11.5 Å². The molecule has 0 fully saturated rings. The number of hydrogen-bond acceptors (Lipinski definition) is 5. The Bertz CT molecular complexity index is 1140. The number of hydrogen-bond donors (Lipinski definition) is 2. The van der Waals surface area contributed by atoms with Crippen LogP contribution in [0, 0.1) is 0 Å². The molecule has 0 spiro atoms. The number of methoxy groups -OCH3 is 1. The van der Waals surface area contributed by atoms with Crippen LogP contribution in [0.25, 0.3) is 0 Å². The maximum Gasteiger partial charge on any atom is 0.261 e. The van der Waals surface area contributed by atoms with Gasteiger partial charge in [0.2, 0.25) is 0 Å². The van der Waals surface area contributed by atoms with Crippen molar-refractivity contribution in [1.82, 2.24) is 0 Å². The average molecular weight is 455 g/mol. The second-order valence-electron chi connectivity index (χ2n) is 7.04. The van der Waals surface area contributed by atoms with Crippen molar-refractivity contribution in [1.29, 1.82) is 0 Å². The number of sulfonamides is 1. The molecule has 0 heterocycles. The first kappa shape index (κ1) is 23.1. The van der Waals surface area contributed by atoms with Crippen molar-refractivity contribution < 1.29 is 22.7 Å². The predicted octanol–water partition coefficient (Wildman–Crippen LogP) is 4.93. The van der Waals surface area contributed by atoms with E-state index in [0.29, 0.717) is 35.0 Å². The van der Waals surface area contributed by atoms with E-state index < -0.39 is 10.0 Å². The Hall–Kier alpha value is -3.52. The van der Waals surface area contributed by atoms with Gasteiger partial charge in [0.15, 0.2) is 0 Å². The fourth-order valence-corrected chi connectivity index (χ4v) is 3.91. The van der Waals surface area contributed by atoms with E-state index in [1.807, 2.05) is 6.07 Å². The molecule has 0 radical (unpaired) electrons. The number of nitrogens with one attached hydrogen (secondary N) is 2. The number of anilines is 2. The fourth-order valence-electron chi connectivity index (χ4n) is 2.86. The van der Waals surface area contributed by atoms with Gasteiger partial charge in [0, 0.05) is 16.9 Å². The van der Waals surface area contributed by atoms with Crippen LogP contribution in [-0.2, 0) is 10.0 Å². The van der Waals surface area contributed by atoms with Crippen LogP contribution in [0.3, 0.4) is 0 Å². The SMILES string of the molecule is CCCCOc1cccc(C(=O)Nc2ccc(S(=O)(=O)Nc3ccc(OC)cc3)cc2)c1. The van der Waals surface area contributed by atoms with Gasteiger partial charge in [-0.15, -0.1) is 0 Å². The summed E-state index contributed by atoms with van der Waals surface area (Å²) in [6.07, 6.45) is 1.97. The molecule has 1 amide bonds. The smallest absolute Gasteiger partial charge is 0.261 e. The number of amides is 1. The molecule has 0 aliphatic rings. The van der Waals surface area contributed by atoms with Gasteiger partial charge < -0.3 is 14.8 Å². The van der Waals surface area contributed by atoms with Gasteiger partial charge in [-0.25, -0.2) is 8.42 Å². The van der Waals surface area contributed by atoms with Crippen LogP contribution in [0.4, 0.5) is 11.4 Å². The van der Waals surface area contributed by atoms with Gasteiger partial charge in [-0.1, -0.05) is 19.4 Å². The number of unbranched alkanes of at least 4 members (excludes halogenated alkanes) is 1. The van der Waals surface area contributed by atoms with Gasteiger partial charge in [-0.05, 0) is 73.2 Å². The van der Waals surface area contributed by atoms with Gasteiger partial charge >= 0.3 is 0 Å². The van der Waals surface area contributed by atoms with Gasteiger partial charge in [-0.2, -0.15) is 0 Å². The minimum atomic E-state index is -3.77. The second-order valence-corrected chi connectivity index (χ2v) is 8.72. The molecule has 8 heteroatoms. The Morgan fingerprint density at radius 1 is 0.906 bits per heavy atom. The van der Waals surface area contributed by atoms with Crippen LogP contribution in [0.15, 0.2) is 77.7 Å². The normalized spacial score (nSPS) is 10.9. The van der Waals surface area contributed by atoms with Crippen LogP contribution in [-0.4, -0.2) is 28.0 Å². The van der Waals surface area contributed by atoms with E-state index in [1.165, 1.54) is 19.2 Å². The minimum absolute atomic E-state index is 0.0811. The first-order chi connectivity index (χ1) is 15.4. The van der Waals surface area contributed by atoms with Crippen molar-refractivity contribution in [2.24, 2.45) is 0 Å². The molecule has 0 bridgehead atoms. The summed E-state index contributed by atoms with van der Waals surface area (Å²) in [5.74, 6) is 0.959. The summed E-state index contributed by atoms with van der Waals surface area (Å²) in [7, 11) is -2.23. The standard InChI is InChI=1S/C24H26N2O5S/c1-3-4-16-31-22-7-5-6-18(17-22)24(27)25-19-10-14-23(15-11-19)32(28,29)26-20-8-12-21(30-2)13-9-20/h5-15,17,26H,3-4,16H2,1-2H3,(H,25,27). The Kier molecular flexibility index (Phi) is 7.72. The molecule has 0 saturated heterocycles. The second kappa shape index (κ2) is 10.7. The summed E-state index contributed by atoms with van der Waals surface area (Å²) in [5.41, 5.74) is 1.36. The molecule has 2 N–H and O–H groups in total. The molecule has 3 aromatic rings. The molecule has 0 saturated carbocycles. The summed E-state index contributed by atoms with van der Waals surface area (Å²) in [6.45, 7) is 2.68. The van der Waals surface area contributed by atoms with Crippen LogP contribution in [0.5, 0.6) is 11.5 Å². The highest BCUT2D eigenvalue weighted by molar-refractivity contribution is 7.92. The lowest BCUT2D eigenvalue weighted by molar-refractivity contribution is 0.102. The van der Waals surface area contributed by atoms with Crippen molar-refractivity contribution in [2.45, 2.75) is 24.7 Å². The average Bonchev–Trinajstić information content (AvgIpc) is 2.80. The molecule has 3 aromatic carbocycles. The molecule has 0 unspecified atom stereocenters. The van der Waals surface area contributed by atoms with Crippen LogP contribution in [0.1, 0.15) is 30.1 Å². The summed E-state index contributed by atoms with van der Waals surface area (Å²) in [5, 5.41) is 2.77. The zero-order chi connectivity index (χ0) is 23.0. The molecule has 0 aromatic heterocycles. The summed E-state index contributed by atoms with van der Waals surface area (Å²) in [6, 6.07) is 19.5. The van der Waals surface area contributed by atoms with Gasteiger partial charge in [0.25, 0.3) is 15.9 Å². The van der Waals surface area contributed by atoms with E-state index >= 15 is 0 Å². The van der Waals surface area contributed by atoms with E-state index in [1.54, 1.807) is 54.6 Å². The zero-order valence-corrected chi connectivity index (χ0v) is 18.8. The predicted molar refractivity (Wildman–Crippen MR) is 125 cm³/mol. The molecule has 32 heavy (non-hydrogen) atoms. The highest BCUT2D eigenvalue weighted by Gasteiger charge is 2.15. The third-order valence-electron chi connectivity index (χ3n) is 4.63. The van der Waals surface area contributed by atoms with Gasteiger partial charge in [0.05, 0.1) is 18.6 Å². The lowest BCUT2D eigenvalue weighted by Crippen LogP contribution is -2.14. The van der Waals surface area contributed by atoms with E-state index in [4.69, 9.17) is 9.47 Å². The monoisotopic (exact) mass is 454 g/mol. The maximum atomic E-state index is 12.6. The molecule has 0 atom stereocenters. The number of ether oxygens (including phenoxy) is 2. The third kappa shape index (κ3) is 6.24. The van der Waals surface area contributed by atoms with E-state index in [9.17, 15) is 13.2 Å². The number of rotatable bonds is 10. The lowest BCUT2D eigenvalue weighted by atomic mass is 10.2. The molecule has 0 aliphatic carbocycles. The molecule has 0 aliphatic heterocycles. The van der Waals surface area contributed by atoms with E-state index in [0.717, 1.165) is 12.8 Å². The highest BCUT2D eigenvalue weighted by Crippen LogP contribution is 2.21. The lowest BCUT2D eigenvalue weighted by Gasteiger charge is -2.11. The minimum Gasteiger partial charge on any atom is -0.497 e. The quantitative estimate of drug-likeness (QED) is 0.424. The molecule has 3 rings (SSSR count). The third-order valence-corrected chi connectivity index (χ3v) is 6.02. The molecular weight excluding hydrogens is 428 g/mol. The fraction of sp³-hybridized carbons (Fsp3) is 0.208. The van der Waals surface area contributed by atoms with Crippen LogP contribution in [0.2, 0.25) is 0 Å². The first-order valence-electron chi connectivity index (χ1n) is 10.2. The zero-order valence-electron chi connectivity index (χ0n) is 18.0. The van der Waals surface area contributed by atoms with E-state index in [-0.39, 0.29) is 10.8 Å². The van der Waals surface area contributed by atoms with Crippen molar-refractivity contribution in [3.8, 4) is 11.5 Å². The summed E-state index contributed by atoms with van der Waals surface area (Å²) >= 11 is 0. The summed E-state index contributed by atoms with van der Waals surface area (Å²) in [4.78, 5) is 12.6. The Morgan fingerprint density at radius 3 is 2.25 bits per heavy atom.